The van der Waals surface area contributed by atoms with E-state index in [0.717, 1.165) is 6.21 Å². The highest BCUT2D eigenvalue weighted by Crippen LogP contribution is 2.32. The average Bonchev–Trinajstić information content (AvgIpc) is 2.07. The molecule has 0 aliphatic rings. The van der Waals surface area contributed by atoms with E-state index in [1.54, 1.807) is 0 Å². The molecule has 1 rings (SSSR count). The van der Waals surface area contributed by atoms with Crippen LogP contribution < -0.4 is 0 Å². The number of hydrogen-bond donors (Lipinski definition) is 2. The van der Waals surface area contributed by atoms with Gasteiger partial charge in [0.25, 0.3) is 0 Å². The van der Waals surface area contributed by atoms with Crippen molar-refractivity contribution in [2.75, 3.05) is 0 Å². The second-order valence-electron chi connectivity index (χ2n) is 2.04. The van der Waals surface area contributed by atoms with Gasteiger partial charge < -0.3 is 10.3 Å². The summed E-state index contributed by atoms with van der Waals surface area (Å²) in [5.74, 6) is -0.193. The van der Waals surface area contributed by atoms with Gasteiger partial charge in [-0.05, 0) is 12.1 Å². The zero-order valence-electron chi connectivity index (χ0n) is 5.83. The molecule has 0 heterocycles. The van der Waals surface area contributed by atoms with Crippen LogP contribution in [0.3, 0.4) is 0 Å². The fraction of sp³-hybridized carbons (Fsp3) is 0. The van der Waals surface area contributed by atoms with Gasteiger partial charge in [-0.15, -0.1) is 0 Å². The number of halogens is 2. The molecule has 0 saturated heterocycles. The minimum atomic E-state index is -0.193. The van der Waals surface area contributed by atoms with Gasteiger partial charge in [0.1, 0.15) is 10.8 Å². The minimum absolute atomic E-state index is 0.0501. The summed E-state index contributed by atoms with van der Waals surface area (Å²) in [5.41, 5.74) is 0.312. The van der Waals surface area contributed by atoms with Gasteiger partial charge in [-0.3, -0.25) is 0 Å². The first-order valence-electron chi connectivity index (χ1n) is 3.01. The van der Waals surface area contributed by atoms with Gasteiger partial charge in [0.2, 0.25) is 0 Å². The predicted molar refractivity (Wildman–Crippen MR) is 47.5 cm³/mol. The maximum absolute atomic E-state index is 9.29. The van der Waals surface area contributed by atoms with Gasteiger partial charge in [0.15, 0.2) is 0 Å². The normalized spacial score (nSPS) is 10.8. The quantitative estimate of drug-likeness (QED) is 0.421. The van der Waals surface area contributed by atoms with Crippen LogP contribution in [-0.4, -0.2) is 16.5 Å². The molecule has 0 aromatic heterocycles. The first-order chi connectivity index (χ1) is 5.66. The van der Waals surface area contributed by atoms with Gasteiger partial charge in [-0.2, -0.15) is 0 Å². The standard InChI is InChI=1S/C7H5Cl2NO2/c8-5-2-1-4(3-10-12)7(11)6(5)9/h1-3,11-12H. The van der Waals surface area contributed by atoms with Crippen molar-refractivity contribution in [1.29, 1.82) is 0 Å². The lowest BCUT2D eigenvalue weighted by Crippen LogP contribution is -1.83. The topological polar surface area (TPSA) is 52.8 Å². The van der Waals surface area contributed by atoms with Crippen LogP contribution in [0.5, 0.6) is 5.75 Å². The Hall–Kier alpha value is -0.930. The van der Waals surface area contributed by atoms with Crippen LogP contribution in [0.1, 0.15) is 5.56 Å². The molecular weight excluding hydrogens is 201 g/mol. The zero-order valence-corrected chi connectivity index (χ0v) is 7.34. The zero-order chi connectivity index (χ0) is 9.14. The van der Waals surface area contributed by atoms with Crippen LogP contribution >= 0.6 is 23.2 Å². The van der Waals surface area contributed by atoms with Crippen molar-refractivity contribution in [3.63, 3.8) is 0 Å². The lowest BCUT2D eigenvalue weighted by atomic mass is 10.2. The van der Waals surface area contributed by atoms with E-state index in [2.05, 4.69) is 5.16 Å². The van der Waals surface area contributed by atoms with Gasteiger partial charge in [0.05, 0.1) is 11.2 Å². The Bertz CT molecular complexity index is 325. The highest BCUT2D eigenvalue weighted by molar-refractivity contribution is 6.43. The second-order valence-corrected chi connectivity index (χ2v) is 2.83. The van der Waals surface area contributed by atoms with Crippen molar-refractivity contribution in [2.45, 2.75) is 0 Å². The highest BCUT2D eigenvalue weighted by Gasteiger charge is 2.07. The Balaban J connectivity index is 3.26. The van der Waals surface area contributed by atoms with E-state index >= 15 is 0 Å². The molecule has 0 bridgehead atoms. The first-order valence-corrected chi connectivity index (χ1v) is 3.77. The summed E-state index contributed by atoms with van der Waals surface area (Å²) in [6.07, 6.45) is 1.07. The Kier molecular flexibility index (Phi) is 2.78. The maximum atomic E-state index is 9.29. The number of aromatic hydroxyl groups is 1. The molecule has 1 aromatic carbocycles. The van der Waals surface area contributed by atoms with E-state index in [0.29, 0.717) is 5.56 Å². The summed E-state index contributed by atoms with van der Waals surface area (Å²) in [6, 6.07) is 2.99. The molecule has 0 spiro atoms. The number of hydrogen-bond acceptors (Lipinski definition) is 3. The Morgan fingerprint density at radius 1 is 1.33 bits per heavy atom. The van der Waals surface area contributed by atoms with Crippen LogP contribution in [0.4, 0.5) is 0 Å². The van der Waals surface area contributed by atoms with Crippen LogP contribution in [0.25, 0.3) is 0 Å². The SMILES string of the molecule is ON=Cc1ccc(Cl)c(Cl)c1O. The van der Waals surface area contributed by atoms with Gasteiger partial charge in [-0.25, -0.2) is 0 Å². The van der Waals surface area contributed by atoms with E-state index in [1.165, 1.54) is 12.1 Å². The summed E-state index contributed by atoms with van der Waals surface area (Å²) in [7, 11) is 0. The molecule has 0 amide bonds. The molecule has 0 aliphatic heterocycles. The van der Waals surface area contributed by atoms with Gasteiger partial charge in [0, 0.05) is 5.56 Å². The molecule has 0 aliphatic carbocycles. The summed E-state index contributed by atoms with van der Waals surface area (Å²) in [4.78, 5) is 0. The molecule has 0 unspecified atom stereocenters. The predicted octanol–water partition coefficient (Wildman–Crippen LogP) is 2.51. The van der Waals surface area contributed by atoms with E-state index in [9.17, 15) is 5.11 Å². The fourth-order valence-corrected chi connectivity index (χ4v) is 1.05. The lowest BCUT2D eigenvalue weighted by molar-refractivity contribution is 0.321. The van der Waals surface area contributed by atoms with Crippen LogP contribution in [0.2, 0.25) is 10.0 Å². The third-order valence-corrected chi connectivity index (χ3v) is 2.09. The van der Waals surface area contributed by atoms with Crippen molar-refractivity contribution in [1.82, 2.24) is 0 Å². The van der Waals surface area contributed by atoms with E-state index in [-0.39, 0.29) is 15.8 Å². The van der Waals surface area contributed by atoms with Gasteiger partial charge in [-0.1, -0.05) is 28.4 Å². The number of rotatable bonds is 1. The van der Waals surface area contributed by atoms with Crippen molar-refractivity contribution in [3.8, 4) is 5.75 Å². The minimum Gasteiger partial charge on any atom is -0.506 e. The Morgan fingerprint density at radius 3 is 2.58 bits per heavy atom. The third-order valence-electron chi connectivity index (χ3n) is 1.30. The molecule has 0 atom stereocenters. The van der Waals surface area contributed by atoms with Crippen molar-refractivity contribution in [2.24, 2.45) is 5.16 Å². The highest BCUT2D eigenvalue weighted by atomic mass is 35.5. The molecule has 12 heavy (non-hydrogen) atoms. The largest absolute Gasteiger partial charge is 0.506 e. The molecule has 1 aromatic rings. The summed E-state index contributed by atoms with van der Waals surface area (Å²) in [6.45, 7) is 0. The summed E-state index contributed by atoms with van der Waals surface area (Å²) < 4.78 is 0. The van der Waals surface area contributed by atoms with Gasteiger partial charge >= 0.3 is 0 Å². The van der Waals surface area contributed by atoms with Crippen molar-refractivity contribution < 1.29 is 10.3 Å². The Morgan fingerprint density at radius 2 is 2.00 bits per heavy atom. The van der Waals surface area contributed by atoms with E-state index < -0.39 is 0 Å². The van der Waals surface area contributed by atoms with Crippen LogP contribution in [0.15, 0.2) is 17.3 Å². The molecule has 64 valence electrons. The number of oxime groups is 1. The lowest BCUT2D eigenvalue weighted by Gasteiger charge is -2.01. The van der Waals surface area contributed by atoms with Crippen molar-refractivity contribution >= 4 is 29.4 Å². The van der Waals surface area contributed by atoms with Crippen LogP contribution in [-0.2, 0) is 0 Å². The molecule has 0 radical (unpaired) electrons. The third kappa shape index (κ3) is 1.62. The molecule has 0 fully saturated rings. The average molecular weight is 206 g/mol. The monoisotopic (exact) mass is 205 g/mol. The summed E-state index contributed by atoms with van der Waals surface area (Å²) >= 11 is 11.2. The number of phenolic OH excluding ortho intramolecular Hbond substituents is 1. The van der Waals surface area contributed by atoms with Crippen molar-refractivity contribution in [3.05, 3.63) is 27.7 Å². The molecule has 0 saturated carbocycles. The maximum Gasteiger partial charge on any atom is 0.144 e. The number of benzene rings is 1. The molecule has 3 nitrogen and oxygen atoms in total. The Labute approximate surface area is 78.8 Å². The smallest absolute Gasteiger partial charge is 0.144 e. The fourth-order valence-electron chi connectivity index (χ4n) is 0.721. The van der Waals surface area contributed by atoms with E-state index in [4.69, 9.17) is 28.4 Å². The molecule has 2 N–H and O–H groups in total. The number of phenols is 1. The van der Waals surface area contributed by atoms with Crippen LogP contribution in [0, 0.1) is 0 Å². The molecule has 5 heteroatoms. The summed E-state index contributed by atoms with van der Waals surface area (Å²) in [5, 5.41) is 20.5. The number of nitrogens with zero attached hydrogens (tertiary/aromatic N) is 1. The molecular formula is C7H5Cl2NO2. The van der Waals surface area contributed by atoms with E-state index in [1.807, 2.05) is 0 Å². The second kappa shape index (κ2) is 3.65. The first kappa shape index (κ1) is 9.16.